The number of esters is 1. The SMILES string of the molecule is CC(=O)Oc1ccc(Cl)cc1C1=C(c2cncc(C(=O)O)n2)CCC1. The lowest BCUT2D eigenvalue weighted by atomic mass is 9.99. The molecule has 0 amide bonds. The van der Waals surface area contributed by atoms with Gasteiger partial charge in [-0.05, 0) is 48.6 Å². The molecule has 1 heterocycles. The van der Waals surface area contributed by atoms with Crippen LogP contribution in [0.3, 0.4) is 0 Å². The molecule has 0 spiro atoms. The van der Waals surface area contributed by atoms with Crippen molar-refractivity contribution in [3.63, 3.8) is 0 Å². The summed E-state index contributed by atoms with van der Waals surface area (Å²) in [5.41, 5.74) is 2.96. The Morgan fingerprint density at radius 1 is 1.20 bits per heavy atom. The molecule has 0 bridgehead atoms. The summed E-state index contributed by atoms with van der Waals surface area (Å²) in [6.45, 7) is 1.34. The highest BCUT2D eigenvalue weighted by atomic mass is 35.5. The Morgan fingerprint density at radius 2 is 1.96 bits per heavy atom. The van der Waals surface area contributed by atoms with Crippen LogP contribution in [0.1, 0.15) is 47.9 Å². The number of halogens is 1. The molecule has 0 fully saturated rings. The molecule has 25 heavy (non-hydrogen) atoms. The van der Waals surface area contributed by atoms with Gasteiger partial charge in [0.2, 0.25) is 0 Å². The number of aromatic carboxylic acids is 1. The van der Waals surface area contributed by atoms with E-state index in [0.717, 1.165) is 36.0 Å². The van der Waals surface area contributed by atoms with Crippen molar-refractivity contribution in [3.05, 3.63) is 52.6 Å². The Hall–Kier alpha value is -2.73. The molecule has 1 aromatic carbocycles. The number of nitrogens with zero attached hydrogens (tertiary/aromatic N) is 2. The molecule has 3 rings (SSSR count). The molecule has 7 heteroatoms. The second-order valence-electron chi connectivity index (χ2n) is 5.64. The van der Waals surface area contributed by atoms with Crippen molar-refractivity contribution in [2.75, 3.05) is 0 Å². The number of carboxylic acid groups (broad SMARTS) is 1. The summed E-state index contributed by atoms with van der Waals surface area (Å²) in [5.74, 6) is -1.12. The molecule has 1 N–H and O–H groups in total. The molecule has 0 aliphatic heterocycles. The van der Waals surface area contributed by atoms with Crippen LogP contribution in [0.5, 0.6) is 5.75 Å². The summed E-state index contributed by atoms with van der Waals surface area (Å²) >= 11 is 6.12. The van der Waals surface area contributed by atoms with Gasteiger partial charge in [-0.3, -0.25) is 9.78 Å². The molecule has 1 aliphatic carbocycles. The van der Waals surface area contributed by atoms with Gasteiger partial charge in [-0.25, -0.2) is 9.78 Å². The van der Waals surface area contributed by atoms with E-state index < -0.39 is 11.9 Å². The van der Waals surface area contributed by atoms with Gasteiger partial charge in [0.05, 0.1) is 18.1 Å². The summed E-state index contributed by atoms with van der Waals surface area (Å²) in [4.78, 5) is 30.7. The number of rotatable bonds is 4. The number of carbonyl (C=O) groups excluding carboxylic acids is 1. The predicted molar refractivity (Wildman–Crippen MR) is 92.4 cm³/mol. The second-order valence-corrected chi connectivity index (χ2v) is 6.08. The minimum absolute atomic E-state index is 0.109. The van der Waals surface area contributed by atoms with E-state index in [4.69, 9.17) is 21.4 Å². The van der Waals surface area contributed by atoms with Crippen LogP contribution < -0.4 is 4.74 Å². The summed E-state index contributed by atoms with van der Waals surface area (Å²) < 4.78 is 5.30. The number of carboxylic acids is 1. The van der Waals surface area contributed by atoms with Gasteiger partial charge in [0.1, 0.15) is 5.75 Å². The first-order valence-corrected chi connectivity index (χ1v) is 8.09. The van der Waals surface area contributed by atoms with Gasteiger partial charge >= 0.3 is 11.9 Å². The lowest BCUT2D eigenvalue weighted by Gasteiger charge is -2.13. The molecule has 6 nitrogen and oxygen atoms in total. The van der Waals surface area contributed by atoms with Crippen molar-refractivity contribution in [3.8, 4) is 5.75 Å². The number of ether oxygens (including phenoxy) is 1. The summed E-state index contributed by atoms with van der Waals surface area (Å²) in [5, 5.41) is 9.64. The van der Waals surface area contributed by atoms with E-state index >= 15 is 0 Å². The Labute approximate surface area is 149 Å². The summed E-state index contributed by atoms with van der Waals surface area (Å²) in [7, 11) is 0. The highest BCUT2D eigenvalue weighted by Crippen LogP contribution is 2.43. The van der Waals surface area contributed by atoms with Gasteiger partial charge in [0.15, 0.2) is 5.69 Å². The molecule has 2 aromatic rings. The number of allylic oxidation sites excluding steroid dienone is 2. The van der Waals surface area contributed by atoms with Crippen LogP contribution in [0.25, 0.3) is 11.1 Å². The highest BCUT2D eigenvalue weighted by Gasteiger charge is 2.23. The molecule has 128 valence electrons. The van der Waals surface area contributed by atoms with Crippen molar-refractivity contribution >= 4 is 34.7 Å². The van der Waals surface area contributed by atoms with Crippen LogP contribution in [0.2, 0.25) is 5.02 Å². The molecular weight excluding hydrogens is 344 g/mol. The maximum Gasteiger partial charge on any atom is 0.356 e. The maximum absolute atomic E-state index is 11.4. The standard InChI is InChI=1S/C18H15ClN2O4/c1-10(22)25-17-6-5-11(19)7-14(17)12-3-2-4-13(12)15-8-20-9-16(21-15)18(23)24/h5-9H,2-4H2,1H3,(H,23,24). The smallest absolute Gasteiger partial charge is 0.356 e. The van der Waals surface area contributed by atoms with Crippen LogP contribution in [0.15, 0.2) is 30.6 Å². The molecule has 0 saturated carbocycles. The van der Waals surface area contributed by atoms with E-state index in [0.29, 0.717) is 16.5 Å². The molecule has 0 radical (unpaired) electrons. The minimum Gasteiger partial charge on any atom is -0.476 e. The van der Waals surface area contributed by atoms with Crippen LogP contribution in [0.4, 0.5) is 0 Å². The van der Waals surface area contributed by atoms with Crippen LogP contribution in [0, 0.1) is 0 Å². The van der Waals surface area contributed by atoms with Crippen molar-refractivity contribution < 1.29 is 19.4 Å². The van der Waals surface area contributed by atoms with Crippen molar-refractivity contribution in [1.29, 1.82) is 0 Å². The summed E-state index contributed by atoms with van der Waals surface area (Å²) in [6, 6.07) is 5.06. The van der Waals surface area contributed by atoms with Crippen molar-refractivity contribution in [2.24, 2.45) is 0 Å². The molecule has 0 atom stereocenters. The fraction of sp³-hybridized carbons (Fsp3) is 0.222. The van der Waals surface area contributed by atoms with Gasteiger partial charge in [-0.1, -0.05) is 11.6 Å². The molecular formula is C18H15ClN2O4. The zero-order chi connectivity index (χ0) is 18.0. The fourth-order valence-electron chi connectivity index (χ4n) is 2.92. The number of hydrogen-bond acceptors (Lipinski definition) is 5. The Kier molecular flexibility index (Phi) is 4.81. The number of hydrogen-bond donors (Lipinski definition) is 1. The Morgan fingerprint density at radius 3 is 2.68 bits per heavy atom. The average molecular weight is 359 g/mol. The Balaban J connectivity index is 2.13. The first-order valence-electron chi connectivity index (χ1n) is 7.72. The first kappa shape index (κ1) is 17.1. The van der Waals surface area contributed by atoms with E-state index in [1.165, 1.54) is 13.1 Å². The lowest BCUT2D eigenvalue weighted by molar-refractivity contribution is -0.131. The molecule has 1 aliphatic rings. The van der Waals surface area contributed by atoms with Crippen LogP contribution in [-0.4, -0.2) is 27.0 Å². The van der Waals surface area contributed by atoms with E-state index in [1.54, 1.807) is 24.4 Å². The zero-order valence-corrected chi connectivity index (χ0v) is 14.2. The van der Waals surface area contributed by atoms with E-state index in [-0.39, 0.29) is 5.69 Å². The monoisotopic (exact) mass is 358 g/mol. The predicted octanol–water partition coefficient (Wildman–Crippen LogP) is 3.85. The Bertz CT molecular complexity index is 892. The van der Waals surface area contributed by atoms with Gasteiger partial charge in [-0.15, -0.1) is 0 Å². The van der Waals surface area contributed by atoms with Gasteiger partial charge in [0.25, 0.3) is 0 Å². The van der Waals surface area contributed by atoms with Crippen LogP contribution >= 0.6 is 11.6 Å². The van der Waals surface area contributed by atoms with Gasteiger partial charge in [-0.2, -0.15) is 0 Å². The second kappa shape index (κ2) is 7.03. The maximum atomic E-state index is 11.4. The van der Waals surface area contributed by atoms with Gasteiger partial charge in [0, 0.05) is 17.5 Å². The molecule has 0 saturated heterocycles. The molecule has 1 aromatic heterocycles. The largest absolute Gasteiger partial charge is 0.476 e. The lowest BCUT2D eigenvalue weighted by Crippen LogP contribution is -2.05. The van der Waals surface area contributed by atoms with Crippen LogP contribution in [-0.2, 0) is 4.79 Å². The number of aromatic nitrogens is 2. The minimum atomic E-state index is -1.13. The fourth-order valence-corrected chi connectivity index (χ4v) is 3.09. The quantitative estimate of drug-likeness (QED) is 0.659. The van der Waals surface area contributed by atoms with E-state index in [2.05, 4.69) is 9.97 Å². The highest BCUT2D eigenvalue weighted by molar-refractivity contribution is 6.30. The van der Waals surface area contributed by atoms with Gasteiger partial charge < -0.3 is 9.84 Å². The third-order valence-electron chi connectivity index (χ3n) is 3.90. The normalized spacial score (nSPS) is 13.8. The van der Waals surface area contributed by atoms with Crippen molar-refractivity contribution in [1.82, 2.24) is 9.97 Å². The van der Waals surface area contributed by atoms with E-state index in [9.17, 15) is 9.59 Å². The number of carbonyl (C=O) groups is 2. The van der Waals surface area contributed by atoms with Crippen molar-refractivity contribution in [2.45, 2.75) is 26.2 Å². The summed E-state index contributed by atoms with van der Waals surface area (Å²) in [6.07, 6.45) is 5.13. The third-order valence-corrected chi connectivity index (χ3v) is 4.14. The van der Waals surface area contributed by atoms with E-state index in [1.807, 2.05) is 0 Å². The molecule has 0 unspecified atom stereocenters. The zero-order valence-electron chi connectivity index (χ0n) is 13.5. The first-order chi connectivity index (χ1) is 12.0. The number of benzene rings is 1. The topological polar surface area (TPSA) is 89.4 Å². The third kappa shape index (κ3) is 3.69. The average Bonchev–Trinajstić information content (AvgIpc) is 3.05.